The monoisotopic (exact) mass is 281 g/mol. The van der Waals surface area contributed by atoms with E-state index >= 15 is 0 Å². The van der Waals surface area contributed by atoms with Gasteiger partial charge in [0.15, 0.2) is 0 Å². The summed E-state index contributed by atoms with van der Waals surface area (Å²) in [6.45, 7) is 6.82. The fraction of sp³-hybridized carbons (Fsp3) is 0.357. The molecule has 0 fully saturated rings. The van der Waals surface area contributed by atoms with E-state index in [4.69, 9.17) is 16.3 Å². The Morgan fingerprint density at radius 3 is 2.72 bits per heavy atom. The third-order valence-electron chi connectivity index (χ3n) is 2.78. The van der Waals surface area contributed by atoms with Crippen molar-refractivity contribution in [1.29, 1.82) is 0 Å². The van der Waals surface area contributed by atoms with E-state index in [-0.39, 0.29) is 0 Å². The maximum Gasteiger partial charge on any atom is 0.131 e. The smallest absolute Gasteiger partial charge is 0.131 e. The second kappa shape index (κ2) is 5.72. The van der Waals surface area contributed by atoms with Gasteiger partial charge in [-0.3, -0.25) is 0 Å². The van der Waals surface area contributed by atoms with Gasteiger partial charge in [-0.05, 0) is 36.6 Å². The van der Waals surface area contributed by atoms with Crippen LogP contribution in [0.4, 0.5) is 0 Å². The highest BCUT2D eigenvalue weighted by atomic mass is 35.5. The molecule has 18 heavy (non-hydrogen) atoms. The number of aryl methyl sites for hydroxylation is 1. The summed E-state index contributed by atoms with van der Waals surface area (Å²) >= 11 is 7.73. The van der Waals surface area contributed by atoms with E-state index in [1.54, 1.807) is 11.3 Å². The Kier molecular flexibility index (Phi) is 4.25. The highest BCUT2D eigenvalue weighted by Gasteiger charge is 2.06. The molecule has 2 aromatic rings. The molecule has 0 aliphatic heterocycles. The van der Waals surface area contributed by atoms with Crippen molar-refractivity contribution < 1.29 is 4.74 Å². The van der Waals surface area contributed by atoms with Crippen LogP contribution in [-0.2, 0) is 6.61 Å². The van der Waals surface area contributed by atoms with Crippen LogP contribution in [0.5, 0.6) is 5.75 Å². The Balaban J connectivity index is 2.12. The minimum atomic E-state index is 0.437. The van der Waals surface area contributed by atoms with Gasteiger partial charge in [-0.15, -0.1) is 11.3 Å². The third-order valence-corrected chi connectivity index (χ3v) is 3.80. The second-order valence-corrected chi connectivity index (χ2v) is 6.01. The Morgan fingerprint density at radius 2 is 2.11 bits per heavy atom. The molecule has 0 unspecified atom stereocenters. The minimum absolute atomic E-state index is 0.437. The summed E-state index contributed by atoms with van der Waals surface area (Å²) in [5.41, 5.74) is 4.02. The number of rotatable bonds is 4. The summed E-state index contributed by atoms with van der Waals surface area (Å²) in [5, 5.41) is 0.714. The topological polar surface area (TPSA) is 22.1 Å². The Labute approximate surface area is 117 Å². The molecule has 0 radical (unpaired) electrons. The zero-order valence-electron chi connectivity index (χ0n) is 10.7. The third kappa shape index (κ3) is 3.24. The summed E-state index contributed by atoms with van der Waals surface area (Å²) in [4.78, 5) is 5.47. The van der Waals surface area contributed by atoms with Gasteiger partial charge in [-0.2, -0.15) is 0 Å². The molecular formula is C14H16ClNOS. The standard InChI is InChI=1S/C14H16ClNOS/c1-9(2)11-4-12(15)6-13(5-11)17-7-14-10(3)18-8-16-14/h4-6,8-9H,7H2,1-3H3. The molecule has 0 saturated carbocycles. The summed E-state index contributed by atoms with van der Waals surface area (Å²) in [7, 11) is 0. The van der Waals surface area contributed by atoms with Crippen LogP contribution in [-0.4, -0.2) is 4.98 Å². The Morgan fingerprint density at radius 1 is 1.33 bits per heavy atom. The van der Waals surface area contributed by atoms with Crippen molar-refractivity contribution in [2.75, 3.05) is 0 Å². The van der Waals surface area contributed by atoms with Crippen molar-refractivity contribution in [3.8, 4) is 5.75 Å². The van der Waals surface area contributed by atoms with E-state index in [0.717, 1.165) is 11.4 Å². The van der Waals surface area contributed by atoms with Crippen LogP contribution < -0.4 is 4.74 Å². The van der Waals surface area contributed by atoms with Crippen molar-refractivity contribution in [3.05, 3.63) is 44.9 Å². The zero-order valence-corrected chi connectivity index (χ0v) is 12.3. The molecule has 2 rings (SSSR count). The van der Waals surface area contributed by atoms with Gasteiger partial charge in [0.05, 0.1) is 11.2 Å². The van der Waals surface area contributed by atoms with Gasteiger partial charge in [0.2, 0.25) is 0 Å². The van der Waals surface area contributed by atoms with Gasteiger partial charge >= 0.3 is 0 Å². The van der Waals surface area contributed by atoms with Crippen LogP contribution in [0, 0.1) is 6.92 Å². The minimum Gasteiger partial charge on any atom is -0.487 e. The maximum atomic E-state index is 6.09. The first-order valence-electron chi connectivity index (χ1n) is 5.88. The number of benzene rings is 1. The quantitative estimate of drug-likeness (QED) is 0.802. The summed E-state index contributed by atoms with van der Waals surface area (Å²) in [6, 6.07) is 5.86. The van der Waals surface area contributed by atoms with E-state index < -0.39 is 0 Å². The Hall–Kier alpha value is -1.06. The largest absolute Gasteiger partial charge is 0.487 e. The highest BCUT2D eigenvalue weighted by Crippen LogP contribution is 2.26. The van der Waals surface area contributed by atoms with Crippen molar-refractivity contribution in [1.82, 2.24) is 4.98 Å². The molecule has 0 spiro atoms. The normalized spacial score (nSPS) is 10.9. The van der Waals surface area contributed by atoms with E-state index in [2.05, 4.69) is 18.8 Å². The van der Waals surface area contributed by atoms with Gasteiger partial charge in [0, 0.05) is 9.90 Å². The van der Waals surface area contributed by atoms with E-state index in [1.807, 2.05) is 30.6 Å². The van der Waals surface area contributed by atoms with E-state index in [9.17, 15) is 0 Å². The molecule has 0 aliphatic rings. The maximum absolute atomic E-state index is 6.09. The van der Waals surface area contributed by atoms with Crippen LogP contribution in [0.1, 0.15) is 35.9 Å². The summed E-state index contributed by atoms with van der Waals surface area (Å²) < 4.78 is 5.76. The van der Waals surface area contributed by atoms with Gasteiger partial charge < -0.3 is 4.74 Å². The first kappa shape index (κ1) is 13.4. The predicted molar refractivity (Wildman–Crippen MR) is 76.7 cm³/mol. The summed E-state index contributed by atoms with van der Waals surface area (Å²) in [6.07, 6.45) is 0. The average molecular weight is 282 g/mol. The SMILES string of the molecule is Cc1scnc1COc1cc(Cl)cc(C(C)C)c1. The lowest BCUT2D eigenvalue weighted by Crippen LogP contribution is -1.98. The number of hydrogen-bond donors (Lipinski definition) is 0. The lowest BCUT2D eigenvalue weighted by Gasteiger charge is -2.10. The predicted octanol–water partition coefficient (Wildman–Crippen LogP) is 4.81. The molecule has 1 aromatic carbocycles. The van der Waals surface area contributed by atoms with Crippen molar-refractivity contribution in [2.24, 2.45) is 0 Å². The van der Waals surface area contributed by atoms with Crippen LogP contribution >= 0.6 is 22.9 Å². The second-order valence-electron chi connectivity index (χ2n) is 4.52. The van der Waals surface area contributed by atoms with Gasteiger partial charge in [-0.1, -0.05) is 25.4 Å². The van der Waals surface area contributed by atoms with E-state index in [1.165, 1.54) is 10.4 Å². The van der Waals surface area contributed by atoms with Crippen molar-refractivity contribution >= 4 is 22.9 Å². The summed E-state index contributed by atoms with van der Waals surface area (Å²) in [5.74, 6) is 1.24. The number of halogens is 1. The fourth-order valence-corrected chi connectivity index (χ4v) is 2.44. The molecule has 1 aromatic heterocycles. The molecule has 1 heterocycles. The van der Waals surface area contributed by atoms with Crippen LogP contribution in [0.15, 0.2) is 23.7 Å². The van der Waals surface area contributed by atoms with E-state index in [0.29, 0.717) is 17.5 Å². The van der Waals surface area contributed by atoms with Crippen LogP contribution in [0.25, 0.3) is 0 Å². The van der Waals surface area contributed by atoms with Crippen molar-refractivity contribution in [3.63, 3.8) is 0 Å². The number of nitrogens with zero attached hydrogens (tertiary/aromatic N) is 1. The highest BCUT2D eigenvalue weighted by molar-refractivity contribution is 7.09. The number of thiazole rings is 1. The van der Waals surface area contributed by atoms with Gasteiger partial charge in [-0.25, -0.2) is 4.98 Å². The molecular weight excluding hydrogens is 266 g/mol. The van der Waals surface area contributed by atoms with Gasteiger partial charge in [0.1, 0.15) is 12.4 Å². The van der Waals surface area contributed by atoms with Crippen LogP contribution in [0.3, 0.4) is 0 Å². The first-order chi connectivity index (χ1) is 8.56. The zero-order chi connectivity index (χ0) is 13.1. The van der Waals surface area contributed by atoms with Crippen LogP contribution in [0.2, 0.25) is 5.02 Å². The first-order valence-corrected chi connectivity index (χ1v) is 7.14. The fourth-order valence-electron chi connectivity index (χ4n) is 1.62. The van der Waals surface area contributed by atoms with Crippen molar-refractivity contribution in [2.45, 2.75) is 33.3 Å². The molecule has 4 heteroatoms. The molecule has 0 amide bonds. The molecule has 0 saturated heterocycles. The number of hydrogen-bond acceptors (Lipinski definition) is 3. The average Bonchev–Trinajstić information content (AvgIpc) is 2.71. The molecule has 0 bridgehead atoms. The van der Waals surface area contributed by atoms with Gasteiger partial charge in [0.25, 0.3) is 0 Å². The Bertz CT molecular complexity index is 536. The lowest BCUT2D eigenvalue weighted by atomic mass is 10.0. The number of aromatic nitrogens is 1. The number of ether oxygens (including phenoxy) is 1. The molecule has 0 aliphatic carbocycles. The molecule has 2 nitrogen and oxygen atoms in total. The molecule has 0 N–H and O–H groups in total. The molecule has 0 atom stereocenters. The lowest BCUT2D eigenvalue weighted by molar-refractivity contribution is 0.301. The molecule has 96 valence electrons.